The molecule has 31 heavy (non-hydrogen) atoms. The SMILES string of the molecule is CC(C)(C)[Si](C)(C)C#CC[C@H](NC(=O)[C@H](CO)NC(=O)OCc1ccccc1)C(N)=O. The number of carbonyl (C=O) groups is 3. The third-order valence-electron chi connectivity index (χ3n) is 5.25. The third-order valence-corrected chi connectivity index (χ3v) is 9.80. The highest BCUT2D eigenvalue weighted by atomic mass is 28.3. The first-order valence-corrected chi connectivity index (χ1v) is 13.0. The predicted molar refractivity (Wildman–Crippen MR) is 121 cm³/mol. The quantitative estimate of drug-likeness (QED) is 0.356. The van der Waals surface area contributed by atoms with Crippen molar-refractivity contribution in [1.82, 2.24) is 10.6 Å². The predicted octanol–water partition coefficient (Wildman–Crippen LogP) is 1.68. The molecule has 0 heterocycles. The zero-order valence-electron chi connectivity index (χ0n) is 18.8. The lowest BCUT2D eigenvalue weighted by Gasteiger charge is -2.31. The summed E-state index contributed by atoms with van der Waals surface area (Å²) in [7, 11) is -1.87. The Labute approximate surface area is 184 Å². The largest absolute Gasteiger partial charge is 0.445 e. The van der Waals surface area contributed by atoms with Gasteiger partial charge in [-0.2, -0.15) is 0 Å². The molecule has 0 aliphatic rings. The molecular weight excluding hydrogens is 414 g/mol. The standard InChI is InChI=1S/C22H33N3O5Si/c1-22(2,3)31(4,5)13-9-12-17(19(23)27)24-20(28)18(14-26)25-21(29)30-15-16-10-7-6-8-11-16/h6-8,10-11,17-18,26H,12,14-15H2,1-5H3,(H2,23,27)(H,24,28)(H,25,29)/t17-,18-/m0/s1. The zero-order valence-corrected chi connectivity index (χ0v) is 19.8. The Morgan fingerprint density at radius 1 is 1.13 bits per heavy atom. The van der Waals surface area contributed by atoms with E-state index in [1.807, 2.05) is 6.07 Å². The zero-order chi connectivity index (χ0) is 23.7. The summed E-state index contributed by atoms with van der Waals surface area (Å²) >= 11 is 0. The number of carbonyl (C=O) groups excluding carboxylic acids is 3. The van der Waals surface area contributed by atoms with Crippen LogP contribution in [0.4, 0.5) is 4.79 Å². The molecule has 0 aromatic heterocycles. The number of hydrogen-bond donors (Lipinski definition) is 4. The Balaban J connectivity index is 2.68. The van der Waals surface area contributed by atoms with Gasteiger partial charge in [-0.3, -0.25) is 9.59 Å². The van der Waals surface area contributed by atoms with Crippen molar-refractivity contribution >= 4 is 26.0 Å². The number of rotatable bonds is 8. The lowest BCUT2D eigenvalue weighted by molar-refractivity contribution is -0.129. The molecule has 0 bridgehead atoms. The molecule has 0 fully saturated rings. The third kappa shape index (κ3) is 8.82. The van der Waals surface area contributed by atoms with E-state index < -0.39 is 44.7 Å². The van der Waals surface area contributed by atoms with Crippen molar-refractivity contribution in [2.45, 2.75) is 64.0 Å². The van der Waals surface area contributed by atoms with E-state index in [9.17, 15) is 19.5 Å². The molecule has 170 valence electrons. The van der Waals surface area contributed by atoms with E-state index in [-0.39, 0.29) is 18.1 Å². The van der Waals surface area contributed by atoms with E-state index in [1.165, 1.54) is 0 Å². The van der Waals surface area contributed by atoms with Crippen LogP contribution in [-0.2, 0) is 20.9 Å². The second-order valence-electron chi connectivity index (χ2n) is 8.79. The van der Waals surface area contributed by atoms with Gasteiger partial charge in [-0.1, -0.05) is 64.2 Å². The smallest absolute Gasteiger partial charge is 0.408 e. The lowest BCUT2D eigenvalue weighted by Crippen LogP contribution is -2.54. The number of benzene rings is 1. The highest BCUT2D eigenvalue weighted by Gasteiger charge is 2.33. The van der Waals surface area contributed by atoms with Crippen LogP contribution in [0.25, 0.3) is 0 Å². The number of hydrogen-bond acceptors (Lipinski definition) is 5. The average Bonchev–Trinajstić information content (AvgIpc) is 2.69. The van der Waals surface area contributed by atoms with Gasteiger partial charge in [0.05, 0.1) is 6.61 Å². The van der Waals surface area contributed by atoms with Crippen LogP contribution in [0.1, 0.15) is 32.8 Å². The fraction of sp³-hybridized carbons (Fsp3) is 0.500. The molecule has 5 N–H and O–H groups in total. The number of nitrogens with two attached hydrogens (primary N) is 1. The van der Waals surface area contributed by atoms with Crippen LogP contribution in [0.2, 0.25) is 18.1 Å². The van der Waals surface area contributed by atoms with E-state index in [4.69, 9.17) is 10.5 Å². The second-order valence-corrected chi connectivity index (χ2v) is 13.8. The van der Waals surface area contributed by atoms with Gasteiger partial charge >= 0.3 is 6.09 Å². The normalized spacial score (nSPS) is 13.2. The Hall–Kier alpha value is -2.83. The average molecular weight is 448 g/mol. The second kappa shape index (κ2) is 11.5. The van der Waals surface area contributed by atoms with Crippen LogP contribution in [0.5, 0.6) is 0 Å². The van der Waals surface area contributed by atoms with Crippen molar-refractivity contribution in [2.24, 2.45) is 5.73 Å². The Morgan fingerprint density at radius 3 is 2.26 bits per heavy atom. The topological polar surface area (TPSA) is 131 Å². The summed E-state index contributed by atoms with van der Waals surface area (Å²) in [5.74, 6) is 1.48. The van der Waals surface area contributed by atoms with Gasteiger partial charge < -0.3 is 26.2 Å². The molecule has 0 saturated heterocycles. The summed E-state index contributed by atoms with van der Waals surface area (Å²) in [6, 6.07) is 6.68. The van der Waals surface area contributed by atoms with Crippen LogP contribution in [-0.4, -0.2) is 49.8 Å². The first-order chi connectivity index (χ1) is 14.4. The summed E-state index contributed by atoms with van der Waals surface area (Å²) in [5, 5.41) is 14.3. The summed E-state index contributed by atoms with van der Waals surface area (Å²) in [5.41, 5.74) is 9.42. The van der Waals surface area contributed by atoms with Crippen LogP contribution in [0.15, 0.2) is 30.3 Å². The number of aliphatic hydroxyl groups excluding tert-OH is 1. The Bertz CT molecular complexity index is 825. The molecule has 1 aromatic rings. The molecule has 2 atom stereocenters. The van der Waals surface area contributed by atoms with Gasteiger partial charge in [0.2, 0.25) is 11.8 Å². The number of primary amides is 1. The molecule has 0 aliphatic carbocycles. The molecule has 9 heteroatoms. The Kier molecular flexibility index (Phi) is 9.75. The highest BCUT2D eigenvalue weighted by molar-refractivity contribution is 6.87. The van der Waals surface area contributed by atoms with Gasteiger partial charge in [0, 0.05) is 6.42 Å². The fourth-order valence-electron chi connectivity index (χ4n) is 2.16. The van der Waals surface area contributed by atoms with Gasteiger partial charge in [0.25, 0.3) is 0 Å². The van der Waals surface area contributed by atoms with E-state index in [0.717, 1.165) is 5.56 Å². The van der Waals surface area contributed by atoms with Crippen molar-refractivity contribution < 1.29 is 24.2 Å². The van der Waals surface area contributed by atoms with Gasteiger partial charge in [-0.15, -0.1) is 11.5 Å². The maximum absolute atomic E-state index is 12.4. The molecule has 0 aliphatic heterocycles. The maximum atomic E-state index is 12.4. The van der Waals surface area contributed by atoms with Crippen molar-refractivity contribution in [1.29, 1.82) is 0 Å². The molecule has 3 amide bonds. The summed E-state index contributed by atoms with van der Waals surface area (Å²) in [6.45, 7) is 9.96. The minimum atomic E-state index is -1.87. The first kappa shape index (κ1) is 26.2. The number of amides is 3. The Morgan fingerprint density at radius 2 is 1.74 bits per heavy atom. The monoisotopic (exact) mass is 447 g/mol. The molecule has 1 aromatic carbocycles. The molecule has 0 spiro atoms. The summed E-state index contributed by atoms with van der Waals surface area (Å²) in [6.07, 6.45) is -0.823. The van der Waals surface area contributed by atoms with Gasteiger partial charge in [0.15, 0.2) is 0 Å². The summed E-state index contributed by atoms with van der Waals surface area (Å²) in [4.78, 5) is 36.1. The van der Waals surface area contributed by atoms with E-state index in [1.54, 1.807) is 24.3 Å². The fourth-order valence-corrected chi connectivity index (χ4v) is 3.08. The van der Waals surface area contributed by atoms with Gasteiger partial charge in [-0.25, -0.2) is 4.79 Å². The van der Waals surface area contributed by atoms with E-state index in [2.05, 4.69) is 56.0 Å². The van der Waals surface area contributed by atoms with Crippen LogP contribution in [0.3, 0.4) is 0 Å². The number of nitrogens with one attached hydrogen (secondary N) is 2. The van der Waals surface area contributed by atoms with Crippen LogP contribution < -0.4 is 16.4 Å². The molecule has 0 radical (unpaired) electrons. The van der Waals surface area contributed by atoms with Crippen molar-refractivity contribution in [2.75, 3.05) is 6.61 Å². The van der Waals surface area contributed by atoms with Gasteiger partial charge in [-0.05, 0) is 10.6 Å². The van der Waals surface area contributed by atoms with Crippen LogP contribution >= 0.6 is 0 Å². The van der Waals surface area contributed by atoms with Gasteiger partial charge in [0.1, 0.15) is 26.8 Å². The first-order valence-electron chi connectivity index (χ1n) is 10.0. The minimum absolute atomic E-state index is 0.0133. The maximum Gasteiger partial charge on any atom is 0.408 e. The van der Waals surface area contributed by atoms with E-state index >= 15 is 0 Å². The van der Waals surface area contributed by atoms with Crippen molar-refractivity contribution in [3.63, 3.8) is 0 Å². The number of ether oxygens (including phenoxy) is 1. The minimum Gasteiger partial charge on any atom is -0.445 e. The molecule has 8 nitrogen and oxygen atoms in total. The molecule has 1 rings (SSSR count). The molecule has 0 unspecified atom stereocenters. The van der Waals surface area contributed by atoms with Crippen molar-refractivity contribution in [3.05, 3.63) is 35.9 Å². The lowest BCUT2D eigenvalue weighted by atomic mass is 10.2. The number of alkyl carbamates (subject to hydrolysis) is 1. The molecule has 0 saturated carbocycles. The molecular formula is C22H33N3O5Si. The van der Waals surface area contributed by atoms with Crippen LogP contribution in [0, 0.1) is 11.5 Å². The van der Waals surface area contributed by atoms with Crippen molar-refractivity contribution in [3.8, 4) is 11.5 Å². The van der Waals surface area contributed by atoms with E-state index in [0.29, 0.717) is 0 Å². The summed E-state index contributed by atoms with van der Waals surface area (Å²) < 4.78 is 5.05. The number of aliphatic hydroxyl groups is 1. The highest BCUT2D eigenvalue weighted by Crippen LogP contribution is 2.35.